The first-order chi connectivity index (χ1) is 15.1. The van der Waals surface area contributed by atoms with Crippen molar-refractivity contribution < 1.29 is 18.7 Å². The van der Waals surface area contributed by atoms with Crippen LogP contribution in [0.25, 0.3) is 11.0 Å². The van der Waals surface area contributed by atoms with Gasteiger partial charge in [-0.15, -0.1) is 0 Å². The topological polar surface area (TPSA) is 88.8 Å². The minimum Gasteiger partial charge on any atom is -0.493 e. The van der Waals surface area contributed by atoms with Crippen LogP contribution in [-0.2, 0) is 0 Å². The van der Waals surface area contributed by atoms with E-state index in [1.807, 2.05) is 4.90 Å². The molecular formula is C24H22N2O5. The van der Waals surface area contributed by atoms with Crippen molar-refractivity contribution in [2.24, 2.45) is 0 Å². The van der Waals surface area contributed by atoms with E-state index in [-0.39, 0.29) is 17.5 Å². The lowest BCUT2D eigenvalue weighted by Gasteiger charge is -2.37. The van der Waals surface area contributed by atoms with Gasteiger partial charge in [0.25, 0.3) is 11.8 Å². The molecule has 0 aliphatic carbocycles. The van der Waals surface area contributed by atoms with Crippen molar-refractivity contribution in [3.05, 3.63) is 70.1 Å². The van der Waals surface area contributed by atoms with Crippen molar-refractivity contribution in [3.8, 4) is 5.75 Å². The summed E-state index contributed by atoms with van der Waals surface area (Å²) in [6.07, 6.45) is 3.92. The Morgan fingerprint density at radius 2 is 1.90 bits per heavy atom. The Hall–Kier alpha value is -3.61. The number of fused-ring (bicyclic) bond motifs is 3. The van der Waals surface area contributed by atoms with E-state index >= 15 is 0 Å². The van der Waals surface area contributed by atoms with Gasteiger partial charge in [-0.2, -0.15) is 0 Å². The third-order valence-electron chi connectivity index (χ3n) is 5.95. The zero-order valence-corrected chi connectivity index (χ0v) is 16.9. The van der Waals surface area contributed by atoms with Crippen LogP contribution in [0.15, 0.2) is 57.7 Å². The number of rotatable bonds is 2. The average Bonchev–Trinajstić information content (AvgIpc) is 2.78. The van der Waals surface area contributed by atoms with Crippen LogP contribution in [0.1, 0.15) is 46.4 Å². The van der Waals surface area contributed by atoms with Crippen LogP contribution in [-0.4, -0.2) is 35.9 Å². The Morgan fingerprint density at radius 3 is 2.81 bits per heavy atom. The number of carbonyl (C=O) groups excluding carboxylic acids is 2. The van der Waals surface area contributed by atoms with E-state index < -0.39 is 11.5 Å². The van der Waals surface area contributed by atoms with Gasteiger partial charge in [0.1, 0.15) is 16.9 Å². The van der Waals surface area contributed by atoms with Gasteiger partial charge in [-0.3, -0.25) is 9.59 Å². The summed E-state index contributed by atoms with van der Waals surface area (Å²) in [4.78, 5) is 40.2. The van der Waals surface area contributed by atoms with Gasteiger partial charge in [-0.25, -0.2) is 4.79 Å². The molecule has 3 aromatic rings. The van der Waals surface area contributed by atoms with Crippen molar-refractivity contribution in [3.63, 3.8) is 0 Å². The molecule has 5 rings (SSSR count). The number of anilines is 1. The van der Waals surface area contributed by atoms with Crippen LogP contribution < -0.4 is 15.7 Å². The zero-order valence-electron chi connectivity index (χ0n) is 16.9. The van der Waals surface area contributed by atoms with Gasteiger partial charge in [-0.05, 0) is 49.6 Å². The number of carbonyl (C=O) groups is 2. The summed E-state index contributed by atoms with van der Waals surface area (Å²) in [5.41, 5.74) is 0.462. The van der Waals surface area contributed by atoms with Crippen molar-refractivity contribution >= 4 is 28.5 Å². The number of benzene rings is 2. The highest BCUT2D eigenvalue weighted by molar-refractivity contribution is 6.06. The van der Waals surface area contributed by atoms with E-state index in [2.05, 4.69) is 5.32 Å². The maximum Gasteiger partial charge on any atom is 0.349 e. The molecule has 158 valence electrons. The van der Waals surface area contributed by atoms with Gasteiger partial charge in [0.2, 0.25) is 0 Å². The normalized spacial score (nSPS) is 18.4. The van der Waals surface area contributed by atoms with Gasteiger partial charge < -0.3 is 19.4 Å². The molecule has 1 fully saturated rings. The Morgan fingerprint density at radius 1 is 1.03 bits per heavy atom. The SMILES string of the molecule is O=C(Nc1ccc2c(c1)C(=O)N1CCCCC1CCO2)c1cc2ccccc2oc1=O. The van der Waals surface area contributed by atoms with Gasteiger partial charge in [0.15, 0.2) is 0 Å². The molecule has 0 saturated carbocycles. The minimum absolute atomic E-state index is 0.0827. The number of para-hydroxylation sites is 1. The second kappa shape index (κ2) is 7.91. The van der Waals surface area contributed by atoms with Crippen LogP contribution in [0.2, 0.25) is 0 Å². The van der Waals surface area contributed by atoms with Crippen LogP contribution in [0.3, 0.4) is 0 Å². The lowest BCUT2D eigenvalue weighted by Crippen LogP contribution is -2.45. The fraction of sp³-hybridized carbons (Fsp3) is 0.292. The summed E-state index contributed by atoms with van der Waals surface area (Å²) in [5.74, 6) is -0.160. The molecule has 1 unspecified atom stereocenters. The molecule has 7 heteroatoms. The van der Waals surface area contributed by atoms with E-state index in [0.29, 0.717) is 34.6 Å². The first kappa shape index (κ1) is 19.4. The second-order valence-corrected chi connectivity index (χ2v) is 7.94. The average molecular weight is 418 g/mol. The maximum absolute atomic E-state index is 13.2. The lowest BCUT2D eigenvalue weighted by atomic mass is 9.97. The maximum atomic E-state index is 13.2. The van der Waals surface area contributed by atoms with Crippen LogP contribution in [0.4, 0.5) is 5.69 Å². The number of nitrogens with one attached hydrogen (secondary N) is 1. The Bertz CT molecular complexity index is 1230. The van der Waals surface area contributed by atoms with Crippen molar-refractivity contribution in [1.29, 1.82) is 0 Å². The summed E-state index contributed by atoms with van der Waals surface area (Å²) in [6, 6.07) is 13.7. The predicted molar refractivity (Wildman–Crippen MR) is 116 cm³/mol. The number of hydrogen-bond acceptors (Lipinski definition) is 5. The fourth-order valence-electron chi connectivity index (χ4n) is 4.35. The van der Waals surface area contributed by atoms with Crippen molar-refractivity contribution in [2.75, 3.05) is 18.5 Å². The molecule has 2 aromatic carbocycles. The summed E-state index contributed by atoms with van der Waals surface area (Å²) >= 11 is 0. The first-order valence-corrected chi connectivity index (χ1v) is 10.5. The van der Waals surface area contributed by atoms with E-state index in [4.69, 9.17) is 9.15 Å². The largest absolute Gasteiger partial charge is 0.493 e. The van der Waals surface area contributed by atoms with Gasteiger partial charge in [0, 0.05) is 30.1 Å². The fourth-order valence-corrected chi connectivity index (χ4v) is 4.35. The molecule has 2 aliphatic rings. The van der Waals surface area contributed by atoms with Crippen molar-refractivity contribution in [2.45, 2.75) is 31.7 Å². The first-order valence-electron chi connectivity index (χ1n) is 10.5. The molecular weight excluding hydrogens is 396 g/mol. The summed E-state index contributed by atoms with van der Waals surface area (Å²) in [5, 5.41) is 3.37. The zero-order chi connectivity index (χ0) is 21.4. The van der Waals surface area contributed by atoms with Crippen LogP contribution >= 0.6 is 0 Å². The molecule has 0 radical (unpaired) electrons. The second-order valence-electron chi connectivity index (χ2n) is 7.94. The third kappa shape index (κ3) is 3.67. The van der Waals surface area contributed by atoms with Gasteiger partial charge >= 0.3 is 5.63 Å². The van der Waals surface area contributed by atoms with Crippen LogP contribution in [0.5, 0.6) is 5.75 Å². The molecule has 2 amide bonds. The highest BCUT2D eigenvalue weighted by Crippen LogP contribution is 2.31. The predicted octanol–water partition coefficient (Wildman–Crippen LogP) is 3.82. The third-order valence-corrected chi connectivity index (χ3v) is 5.95. The number of hydrogen-bond donors (Lipinski definition) is 1. The monoisotopic (exact) mass is 418 g/mol. The summed E-state index contributed by atoms with van der Waals surface area (Å²) in [7, 11) is 0. The standard InChI is InChI=1S/C24H22N2O5/c27-22(19-13-15-5-1-2-7-20(15)31-24(19)29)25-16-8-9-21-18(14-16)23(28)26-11-4-3-6-17(26)10-12-30-21/h1-2,5,7-9,13-14,17H,3-4,6,10-12H2,(H,25,27). The number of piperidine rings is 1. The molecule has 2 aliphatic heterocycles. The van der Waals surface area contributed by atoms with Crippen molar-refractivity contribution in [1.82, 2.24) is 4.90 Å². The minimum atomic E-state index is -0.710. The molecule has 1 saturated heterocycles. The van der Waals surface area contributed by atoms with Crippen LogP contribution in [0, 0.1) is 0 Å². The van der Waals surface area contributed by atoms with E-state index in [0.717, 1.165) is 32.2 Å². The molecule has 1 aromatic heterocycles. The Kier molecular flexibility index (Phi) is 4.94. The van der Waals surface area contributed by atoms with Gasteiger partial charge in [0.05, 0.1) is 12.2 Å². The number of amides is 2. The highest BCUT2D eigenvalue weighted by Gasteiger charge is 2.31. The van der Waals surface area contributed by atoms with Gasteiger partial charge in [-0.1, -0.05) is 18.2 Å². The molecule has 31 heavy (non-hydrogen) atoms. The van der Waals surface area contributed by atoms with E-state index in [9.17, 15) is 14.4 Å². The molecule has 1 atom stereocenters. The quantitative estimate of drug-likeness (QED) is 0.639. The molecule has 0 bridgehead atoms. The number of nitrogens with zero attached hydrogens (tertiary/aromatic N) is 1. The summed E-state index contributed by atoms with van der Waals surface area (Å²) < 4.78 is 11.1. The van der Waals surface area contributed by atoms with E-state index in [1.165, 1.54) is 6.07 Å². The molecule has 0 spiro atoms. The molecule has 3 heterocycles. The lowest BCUT2D eigenvalue weighted by molar-refractivity contribution is 0.0548. The summed E-state index contributed by atoms with van der Waals surface area (Å²) in [6.45, 7) is 1.28. The molecule has 1 N–H and O–H groups in total. The highest BCUT2D eigenvalue weighted by atomic mass is 16.5. The molecule has 7 nitrogen and oxygen atoms in total. The Labute approximate surface area is 178 Å². The number of ether oxygens (including phenoxy) is 1. The van der Waals surface area contributed by atoms with E-state index in [1.54, 1.807) is 42.5 Å². The Balaban J connectivity index is 1.44. The smallest absolute Gasteiger partial charge is 0.349 e.